The van der Waals surface area contributed by atoms with E-state index in [-0.39, 0.29) is 5.82 Å². The zero-order valence-corrected chi connectivity index (χ0v) is 17.9. The molecule has 33 heavy (non-hydrogen) atoms. The van der Waals surface area contributed by atoms with Crippen molar-refractivity contribution in [3.63, 3.8) is 0 Å². The molecule has 0 N–H and O–H groups in total. The first-order valence-electron chi connectivity index (χ1n) is 10.7. The predicted octanol–water partition coefficient (Wildman–Crippen LogP) is 5.17. The Kier molecular flexibility index (Phi) is 4.61. The Morgan fingerprint density at radius 3 is 2.42 bits per heavy atom. The third kappa shape index (κ3) is 3.33. The highest BCUT2D eigenvalue weighted by atomic mass is 19.1. The van der Waals surface area contributed by atoms with Crippen LogP contribution < -0.4 is 14.2 Å². The SMILES string of the molecule is COc1ccc(-c2nnc3c4cc5c(cc4n(Cc4ccccc4F)cc2-3)OCCO5)cc1. The molecule has 3 aliphatic rings. The maximum absolute atomic E-state index is 14.5. The van der Waals surface area contributed by atoms with E-state index >= 15 is 0 Å². The third-order valence-electron chi connectivity index (χ3n) is 5.93. The van der Waals surface area contributed by atoms with Crippen LogP contribution >= 0.6 is 0 Å². The highest BCUT2D eigenvalue weighted by Gasteiger charge is 2.23. The first-order chi connectivity index (χ1) is 16.2. The highest BCUT2D eigenvalue weighted by molar-refractivity contribution is 5.99. The van der Waals surface area contributed by atoms with E-state index in [1.54, 1.807) is 19.2 Å². The zero-order valence-electron chi connectivity index (χ0n) is 17.9. The van der Waals surface area contributed by atoms with Crippen molar-refractivity contribution in [3.8, 4) is 39.8 Å². The maximum atomic E-state index is 14.5. The van der Waals surface area contributed by atoms with Crippen molar-refractivity contribution >= 4 is 10.9 Å². The zero-order chi connectivity index (χ0) is 22.4. The first-order valence-corrected chi connectivity index (χ1v) is 10.7. The number of nitrogens with zero attached hydrogens (tertiary/aromatic N) is 3. The monoisotopic (exact) mass is 441 g/mol. The molecule has 6 nitrogen and oxygen atoms in total. The fourth-order valence-electron chi connectivity index (χ4n) is 4.27. The Hall–Kier alpha value is -4.13. The lowest BCUT2D eigenvalue weighted by Gasteiger charge is -2.21. The lowest BCUT2D eigenvalue weighted by Crippen LogP contribution is -2.16. The third-order valence-corrected chi connectivity index (χ3v) is 5.93. The second-order valence-corrected chi connectivity index (χ2v) is 7.90. The van der Waals surface area contributed by atoms with Gasteiger partial charge in [0, 0.05) is 34.3 Å². The number of halogens is 1. The van der Waals surface area contributed by atoms with Gasteiger partial charge in [-0.05, 0) is 36.4 Å². The van der Waals surface area contributed by atoms with Crippen molar-refractivity contribution in [1.29, 1.82) is 0 Å². The van der Waals surface area contributed by atoms with Crippen LogP contribution in [0.3, 0.4) is 0 Å². The molecule has 3 aliphatic heterocycles. The molecule has 0 radical (unpaired) electrons. The number of benzene rings is 3. The van der Waals surface area contributed by atoms with Crippen LogP contribution in [0.2, 0.25) is 0 Å². The van der Waals surface area contributed by atoms with Gasteiger partial charge in [-0.1, -0.05) is 18.2 Å². The van der Waals surface area contributed by atoms with E-state index in [0.29, 0.717) is 36.8 Å². The van der Waals surface area contributed by atoms with Crippen molar-refractivity contribution in [2.75, 3.05) is 20.3 Å². The molecule has 164 valence electrons. The Balaban J connectivity index is 1.58. The van der Waals surface area contributed by atoms with Crippen molar-refractivity contribution in [3.05, 3.63) is 78.2 Å². The van der Waals surface area contributed by atoms with Gasteiger partial charge in [0.05, 0.1) is 19.2 Å². The number of hydrogen-bond donors (Lipinski definition) is 0. The molecule has 6 rings (SSSR count). The molecule has 0 fully saturated rings. The van der Waals surface area contributed by atoms with Crippen LogP contribution in [0, 0.1) is 5.82 Å². The summed E-state index contributed by atoms with van der Waals surface area (Å²) in [5.74, 6) is 1.87. The summed E-state index contributed by atoms with van der Waals surface area (Å²) in [4.78, 5) is 0. The Morgan fingerprint density at radius 2 is 1.67 bits per heavy atom. The van der Waals surface area contributed by atoms with E-state index < -0.39 is 0 Å². The van der Waals surface area contributed by atoms with Gasteiger partial charge in [0.25, 0.3) is 0 Å². The van der Waals surface area contributed by atoms with Crippen molar-refractivity contribution in [1.82, 2.24) is 14.8 Å². The summed E-state index contributed by atoms with van der Waals surface area (Å²) in [7, 11) is 1.64. The van der Waals surface area contributed by atoms with Gasteiger partial charge in [0.2, 0.25) is 0 Å². The molecule has 0 saturated heterocycles. The number of rotatable bonds is 4. The molecule has 0 unspecified atom stereocenters. The minimum atomic E-state index is -0.245. The van der Waals surface area contributed by atoms with Gasteiger partial charge in [0.15, 0.2) is 11.5 Å². The molecule has 3 aromatic carbocycles. The molecule has 0 bridgehead atoms. The summed E-state index contributed by atoms with van der Waals surface area (Å²) in [6.45, 7) is 1.34. The Labute approximate surface area is 189 Å². The van der Waals surface area contributed by atoms with Crippen LogP contribution in [0.4, 0.5) is 4.39 Å². The summed E-state index contributed by atoms with van der Waals surface area (Å²) < 4.78 is 33.4. The molecule has 0 aliphatic carbocycles. The topological polar surface area (TPSA) is 58.4 Å². The van der Waals surface area contributed by atoms with Gasteiger partial charge in [0.1, 0.15) is 36.2 Å². The lowest BCUT2D eigenvalue weighted by molar-refractivity contribution is 0.172. The summed E-state index contributed by atoms with van der Waals surface area (Å²) in [5, 5.41) is 9.89. The van der Waals surface area contributed by atoms with Crippen LogP contribution in [0.1, 0.15) is 5.56 Å². The summed E-state index contributed by atoms with van der Waals surface area (Å²) in [6.07, 6.45) is 1.99. The number of fused-ring (bicyclic) bond motifs is 4. The van der Waals surface area contributed by atoms with Crippen LogP contribution in [-0.2, 0) is 6.54 Å². The normalized spacial score (nSPS) is 12.9. The van der Waals surface area contributed by atoms with Crippen LogP contribution in [-0.4, -0.2) is 35.1 Å². The maximum Gasteiger partial charge on any atom is 0.163 e. The van der Waals surface area contributed by atoms with Gasteiger partial charge >= 0.3 is 0 Å². The first kappa shape index (κ1) is 19.5. The van der Waals surface area contributed by atoms with Crippen LogP contribution in [0.15, 0.2) is 66.9 Å². The second-order valence-electron chi connectivity index (χ2n) is 7.90. The quantitative estimate of drug-likeness (QED) is 0.385. The van der Waals surface area contributed by atoms with Gasteiger partial charge in [-0.2, -0.15) is 0 Å². The van der Waals surface area contributed by atoms with Crippen molar-refractivity contribution in [2.45, 2.75) is 6.54 Å². The summed E-state index contributed by atoms with van der Waals surface area (Å²) in [5.41, 5.74) is 4.78. The smallest absolute Gasteiger partial charge is 0.163 e. The number of aromatic nitrogens is 3. The van der Waals surface area contributed by atoms with Gasteiger partial charge in [-0.3, -0.25) is 0 Å². The number of methoxy groups -OCH3 is 1. The molecule has 3 aromatic rings. The van der Waals surface area contributed by atoms with E-state index in [1.807, 2.05) is 53.2 Å². The average Bonchev–Trinajstić information content (AvgIpc) is 3.28. The number of pyridine rings is 1. The number of ether oxygens (including phenoxy) is 3. The van der Waals surface area contributed by atoms with Crippen LogP contribution in [0.25, 0.3) is 33.4 Å². The highest BCUT2D eigenvalue weighted by Crippen LogP contribution is 2.42. The Morgan fingerprint density at radius 1 is 0.939 bits per heavy atom. The van der Waals surface area contributed by atoms with Gasteiger partial charge in [-0.15, -0.1) is 10.2 Å². The second kappa shape index (κ2) is 7.78. The van der Waals surface area contributed by atoms with E-state index in [1.165, 1.54) is 6.07 Å². The molecule has 0 aromatic heterocycles. The largest absolute Gasteiger partial charge is 0.497 e. The summed E-state index contributed by atoms with van der Waals surface area (Å²) >= 11 is 0. The predicted molar refractivity (Wildman–Crippen MR) is 123 cm³/mol. The fourth-order valence-corrected chi connectivity index (χ4v) is 4.27. The molecule has 7 heteroatoms. The average molecular weight is 441 g/mol. The summed E-state index contributed by atoms with van der Waals surface area (Å²) in [6, 6.07) is 18.4. The minimum absolute atomic E-state index is 0.245. The van der Waals surface area contributed by atoms with E-state index in [4.69, 9.17) is 14.2 Å². The van der Waals surface area contributed by atoms with E-state index in [2.05, 4.69) is 10.2 Å². The lowest BCUT2D eigenvalue weighted by atomic mass is 10.0. The standard InChI is InChI=1S/C26H20FN3O3/c1-31-18-8-6-16(7-9-18)25-20-15-30(14-17-4-2-3-5-21(17)27)22-13-24-23(32-10-11-33-24)12-19(22)26(20)29-28-25/h2-9,12-13,15H,10-11,14H2,1H3. The Bertz CT molecular complexity index is 1450. The van der Waals surface area contributed by atoms with Crippen molar-refractivity contribution < 1.29 is 18.6 Å². The van der Waals surface area contributed by atoms with Gasteiger partial charge < -0.3 is 18.8 Å². The van der Waals surface area contributed by atoms with Crippen molar-refractivity contribution in [2.24, 2.45) is 0 Å². The molecular formula is C26H20FN3O3. The fraction of sp³-hybridized carbons (Fsp3) is 0.154. The number of hydrogen-bond acceptors (Lipinski definition) is 5. The molecule has 0 saturated carbocycles. The van der Waals surface area contributed by atoms with Crippen LogP contribution in [0.5, 0.6) is 17.2 Å². The van der Waals surface area contributed by atoms with E-state index in [0.717, 1.165) is 39.2 Å². The molecule has 0 spiro atoms. The van der Waals surface area contributed by atoms with E-state index in [9.17, 15) is 4.39 Å². The minimum Gasteiger partial charge on any atom is -0.497 e. The molecular weight excluding hydrogens is 421 g/mol. The molecule has 3 heterocycles. The van der Waals surface area contributed by atoms with Gasteiger partial charge in [-0.25, -0.2) is 4.39 Å². The molecule has 0 amide bonds. The molecule has 0 atom stereocenters.